The SMILES string of the molecule is COc1ccc(-n2ccnc2SCCOc2ccccc2[N+](=O)[O-])cc1. The Morgan fingerprint density at radius 3 is 2.69 bits per heavy atom. The number of rotatable bonds is 8. The Morgan fingerprint density at radius 2 is 1.96 bits per heavy atom. The van der Waals surface area contributed by atoms with Crippen LogP contribution in [0.15, 0.2) is 66.1 Å². The molecule has 0 aliphatic carbocycles. The molecular weight excluding hydrogens is 354 g/mol. The van der Waals surface area contributed by atoms with Crippen molar-refractivity contribution in [1.29, 1.82) is 0 Å². The van der Waals surface area contributed by atoms with Gasteiger partial charge in [-0.25, -0.2) is 4.98 Å². The summed E-state index contributed by atoms with van der Waals surface area (Å²) in [5.74, 6) is 1.68. The van der Waals surface area contributed by atoms with Crippen LogP contribution in [0.25, 0.3) is 5.69 Å². The number of ether oxygens (including phenoxy) is 2. The third-order valence-electron chi connectivity index (χ3n) is 3.59. The normalized spacial score (nSPS) is 10.5. The van der Waals surface area contributed by atoms with Crippen molar-refractivity contribution in [3.63, 3.8) is 0 Å². The average Bonchev–Trinajstić information content (AvgIpc) is 3.14. The number of nitro benzene ring substituents is 1. The Bertz CT molecular complexity index is 880. The second kappa shape index (κ2) is 8.39. The molecule has 1 heterocycles. The van der Waals surface area contributed by atoms with E-state index in [1.54, 1.807) is 31.5 Å². The largest absolute Gasteiger partial charge is 0.497 e. The molecule has 3 aromatic rings. The minimum atomic E-state index is -0.446. The van der Waals surface area contributed by atoms with Gasteiger partial charge in [0.2, 0.25) is 0 Å². The van der Waals surface area contributed by atoms with Crippen molar-refractivity contribution in [3.8, 4) is 17.2 Å². The number of imidazole rings is 1. The molecule has 8 heteroatoms. The third-order valence-corrected chi connectivity index (χ3v) is 4.52. The van der Waals surface area contributed by atoms with Gasteiger partial charge in [0.05, 0.1) is 18.6 Å². The number of aromatic nitrogens is 2. The summed E-state index contributed by atoms with van der Waals surface area (Å²) >= 11 is 1.52. The molecule has 2 aromatic carbocycles. The van der Waals surface area contributed by atoms with Gasteiger partial charge >= 0.3 is 5.69 Å². The molecule has 3 rings (SSSR count). The predicted molar refractivity (Wildman–Crippen MR) is 99.4 cm³/mol. The fraction of sp³-hybridized carbons (Fsp3) is 0.167. The summed E-state index contributed by atoms with van der Waals surface area (Å²) in [5, 5.41) is 11.8. The van der Waals surface area contributed by atoms with Gasteiger partial charge in [0.15, 0.2) is 10.9 Å². The van der Waals surface area contributed by atoms with Gasteiger partial charge in [-0.2, -0.15) is 0 Å². The fourth-order valence-corrected chi connectivity index (χ4v) is 3.14. The lowest BCUT2D eigenvalue weighted by Crippen LogP contribution is -2.04. The van der Waals surface area contributed by atoms with Crippen molar-refractivity contribution in [1.82, 2.24) is 9.55 Å². The number of benzene rings is 2. The monoisotopic (exact) mass is 371 g/mol. The van der Waals surface area contributed by atoms with E-state index in [9.17, 15) is 10.1 Å². The molecule has 0 saturated carbocycles. The Labute approximate surface area is 154 Å². The van der Waals surface area contributed by atoms with E-state index in [1.165, 1.54) is 17.8 Å². The Hall–Kier alpha value is -3.00. The molecule has 134 valence electrons. The van der Waals surface area contributed by atoms with Gasteiger partial charge in [0, 0.05) is 29.9 Å². The topological polar surface area (TPSA) is 79.4 Å². The third kappa shape index (κ3) is 4.15. The predicted octanol–water partition coefficient (Wildman–Crippen LogP) is 3.96. The number of hydrogen-bond acceptors (Lipinski definition) is 6. The molecule has 0 aliphatic rings. The van der Waals surface area contributed by atoms with Crippen molar-refractivity contribution in [2.45, 2.75) is 5.16 Å². The number of methoxy groups -OCH3 is 1. The molecule has 0 amide bonds. The van der Waals surface area contributed by atoms with E-state index in [4.69, 9.17) is 9.47 Å². The van der Waals surface area contributed by atoms with E-state index in [2.05, 4.69) is 4.98 Å². The van der Waals surface area contributed by atoms with Crippen molar-refractivity contribution in [3.05, 3.63) is 71.0 Å². The minimum absolute atomic E-state index is 0.0303. The lowest BCUT2D eigenvalue weighted by Gasteiger charge is -2.09. The van der Waals surface area contributed by atoms with E-state index >= 15 is 0 Å². The maximum atomic E-state index is 11.0. The summed E-state index contributed by atoms with van der Waals surface area (Å²) in [6, 6.07) is 14.0. The first-order valence-electron chi connectivity index (χ1n) is 7.86. The summed E-state index contributed by atoms with van der Waals surface area (Å²) in [6.07, 6.45) is 3.61. The quantitative estimate of drug-likeness (QED) is 0.258. The van der Waals surface area contributed by atoms with Gasteiger partial charge in [-0.3, -0.25) is 14.7 Å². The van der Waals surface area contributed by atoms with Crippen LogP contribution in [0.5, 0.6) is 11.5 Å². The van der Waals surface area contributed by atoms with E-state index in [1.807, 2.05) is 35.0 Å². The van der Waals surface area contributed by atoms with E-state index < -0.39 is 4.92 Å². The number of hydrogen-bond donors (Lipinski definition) is 0. The summed E-state index contributed by atoms with van der Waals surface area (Å²) in [4.78, 5) is 14.9. The molecule has 1 aromatic heterocycles. The maximum absolute atomic E-state index is 11.0. The highest BCUT2D eigenvalue weighted by molar-refractivity contribution is 7.99. The van der Waals surface area contributed by atoms with Crippen LogP contribution in [0.3, 0.4) is 0 Å². The highest BCUT2D eigenvalue weighted by atomic mass is 32.2. The standard InChI is InChI=1S/C18H17N3O4S/c1-24-15-8-6-14(7-9-15)20-11-10-19-18(20)26-13-12-25-17-5-3-2-4-16(17)21(22)23/h2-11H,12-13H2,1H3. The number of nitro groups is 1. The van der Waals surface area contributed by atoms with Gasteiger partial charge < -0.3 is 9.47 Å². The van der Waals surface area contributed by atoms with Gasteiger partial charge in [0.25, 0.3) is 0 Å². The smallest absolute Gasteiger partial charge is 0.310 e. The van der Waals surface area contributed by atoms with Gasteiger partial charge in [0.1, 0.15) is 5.75 Å². The molecule has 7 nitrogen and oxygen atoms in total. The zero-order valence-corrected chi connectivity index (χ0v) is 14.9. The molecule has 0 N–H and O–H groups in total. The zero-order chi connectivity index (χ0) is 18.4. The van der Waals surface area contributed by atoms with Crippen LogP contribution in [-0.4, -0.2) is 33.9 Å². The molecular formula is C18H17N3O4S. The second-order valence-electron chi connectivity index (χ2n) is 5.20. The molecule has 26 heavy (non-hydrogen) atoms. The van der Waals surface area contributed by atoms with Crippen LogP contribution in [0.2, 0.25) is 0 Å². The molecule has 0 aliphatic heterocycles. The summed E-state index contributed by atoms with van der Waals surface area (Å²) in [6.45, 7) is 0.338. The molecule has 0 unspecified atom stereocenters. The van der Waals surface area contributed by atoms with Crippen molar-refractivity contribution >= 4 is 17.4 Å². The highest BCUT2D eigenvalue weighted by Gasteiger charge is 2.13. The van der Waals surface area contributed by atoms with E-state index in [0.29, 0.717) is 12.4 Å². The molecule has 0 fully saturated rings. The van der Waals surface area contributed by atoms with E-state index in [-0.39, 0.29) is 11.4 Å². The van der Waals surface area contributed by atoms with Crippen LogP contribution < -0.4 is 9.47 Å². The van der Waals surface area contributed by atoms with Crippen LogP contribution in [0.4, 0.5) is 5.69 Å². The van der Waals surface area contributed by atoms with Gasteiger partial charge in [-0.1, -0.05) is 23.9 Å². The fourth-order valence-electron chi connectivity index (χ4n) is 2.35. The van der Waals surface area contributed by atoms with Crippen molar-refractivity contribution < 1.29 is 14.4 Å². The number of thioether (sulfide) groups is 1. The maximum Gasteiger partial charge on any atom is 0.310 e. The first-order valence-corrected chi connectivity index (χ1v) is 8.84. The van der Waals surface area contributed by atoms with Crippen LogP contribution in [-0.2, 0) is 0 Å². The van der Waals surface area contributed by atoms with E-state index in [0.717, 1.165) is 16.6 Å². The number of nitrogens with zero attached hydrogens (tertiary/aromatic N) is 3. The molecule has 0 atom stereocenters. The van der Waals surface area contributed by atoms with Crippen molar-refractivity contribution in [2.75, 3.05) is 19.5 Å². The lowest BCUT2D eigenvalue weighted by molar-refractivity contribution is -0.385. The van der Waals surface area contributed by atoms with Crippen molar-refractivity contribution in [2.24, 2.45) is 0 Å². The zero-order valence-electron chi connectivity index (χ0n) is 14.1. The summed E-state index contributed by atoms with van der Waals surface area (Å²) in [5.41, 5.74) is 0.947. The first-order chi connectivity index (χ1) is 12.7. The average molecular weight is 371 g/mol. The summed E-state index contributed by atoms with van der Waals surface area (Å²) < 4.78 is 12.7. The lowest BCUT2D eigenvalue weighted by atomic mass is 10.3. The second-order valence-corrected chi connectivity index (χ2v) is 6.26. The van der Waals surface area contributed by atoms with Crippen LogP contribution >= 0.6 is 11.8 Å². The van der Waals surface area contributed by atoms with Crippen LogP contribution in [0, 0.1) is 10.1 Å². The molecule has 0 saturated heterocycles. The molecule has 0 spiro atoms. The molecule has 0 radical (unpaired) electrons. The minimum Gasteiger partial charge on any atom is -0.497 e. The van der Waals surface area contributed by atoms with Crippen LogP contribution in [0.1, 0.15) is 0 Å². The Balaban J connectivity index is 1.60. The van der Waals surface area contributed by atoms with Gasteiger partial charge in [-0.05, 0) is 30.3 Å². The Kier molecular flexibility index (Phi) is 5.75. The molecule has 0 bridgehead atoms. The highest BCUT2D eigenvalue weighted by Crippen LogP contribution is 2.27. The van der Waals surface area contributed by atoms with Gasteiger partial charge in [-0.15, -0.1) is 0 Å². The number of para-hydroxylation sites is 2. The summed E-state index contributed by atoms with van der Waals surface area (Å²) in [7, 11) is 1.63. The Morgan fingerprint density at radius 1 is 1.19 bits per heavy atom. The first kappa shape index (κ1) is 17.8.